The van der Waals surface area contributed by atoms with Gasteiger partial charge in [0.05, 0.1) is 5.56 Å². The molecule has 3 rings (SSSR count). The van der Waals surface area contributed by atoms with Crippen molar-refractivity contribution in [1.82, 2.24) is 4.90 Å². The van der Waals surface area contributed by atoms with Crippen molar-refractivity contribution in [3.63, 3.8) is 0 Å². The standard InChI is InChI=1S/C17H21NO2/c1-12-11-13-7-6-10-15(16(13)20-12)17(19)18(2)14-8-4-3-5-9-14/h6-7,10-11,14H,3-5,8-9H2,1-2H3. The number of hydrogen-bond acceptors (Lipinski definition) is 2. The van der Waals surface area contributed by atoms with E-state index in [1.54, 1.807) is 0 Å². The summed E-state index contributed by atoms with van der Waals surface area (Å²) in [4.78, 5) is 14.6. The Labute approximate surface area is 119 Å². The highest BCUT2D eigenvalue weighted by Crippen LogP contribution is 2.27. The lowest BCUT2D eigenvalue weighted by Gasteiger charge is -2.31. The molecule has 0 radical (unpaired) electrons. The maximum Gasteiger partial charge on any atom is 0.257 e. The molecule has 0 unspecified atom stereocenters. The van der Waals surface area contributed by atoms with E-state index in [-0.39, 0.29) is 5.91 Å². The Hall–Kier alpha value is -1.77. The number of benzene rings is 1. The van der Waals surface area contributed by atoms with Crippen LogP contribution in [0.4, 0.5) is 0 Å². The largest absolute Gasteiger partial charge is 0.461 e. The van der Waals surface area contributed by atoms with E-state index in [9.17, 15) is 4.79 Å². The van der Waals surface area contributed by atoms with Crippen molar-refractivity contribution in [1.29, 1.82) is 0 Å². The first-order valence-corrected chi connectivity index (χ1v) is 7.43. The third-order valence-electron chi connectivity index (χ3n) is 4.34. The van der Waals surface area contributed by atoms with Crippen LogP contribution in [-0.2, 0) is 0 Å². The SMILES string of the molecule is Cc1cc2cccc(C(=O)N(C)C3CCCCC3)c2o1. The molecule has 0 atom stereocenters. The molecule has 1 aliphatic rings. The van der Waals surface area contributed by atoms with Gasteiger partial charge in [0.2, 0.25) is 0 Å². The van der Waals surface area contributed by atoms with Gasteiger partial charge in [-0.25, -0.2) is 0 Å². The van der Waals surface area contributed by atoms with Crippen LogP contribution in [0.25, 0.3) is 11.0 Å². The predicted octanol–water partition coefficient (Wildman–Crippen LogP) is 4.15. The molecule has 1 saturated carbocycles. The summed E-state index contributed by atoms with van der Waals surface area (Å²) in [6.07, 6.45) is 6.00. The summed E-state index contributed by atoms with van der Waals surface area (Å²) in [7, 11) is 1.92. The van der Waals surface area contributed by atoms with Gasteiger partial charge in [0.15, 0.2) is 0 Å². The van der Waals surface area contributed by atoms with Gasteiger partial charge in [0, 0.05) is 18.5 Å². The van der Waals surface area contributed by atoms with Gasteiger partial charge >= 0.3 is 0 Å². The molecule has 2 aromatic rings. The molecule has 3 heteroatoms. The Bertz CT molecular complexity index is 623. The first-order chi connectivity index (χ1) is 9.66. The molecule has 1 aromatic carbocycles. The summed E-state index contributed by atoms with van der Waals surface area (Å²) < 4.78 is 5.71. The van der Waals surface area contributed by atoms with Gasteiger partial charge in [-0.05, 0) is 31.9 Å². The second kappa shape index (κ2) is 5.31. The van der Waals surface area contributed by atoms with E-state index in [0.29, 0.717) is 11.6 Å². The average Bonchev–Trinajstić information content (AvgIpc) is 2.86. The van der Waals surface area contributed by atoms with Crippen LogP contribution in [0.2, 0.25) is 0 Å². The third kappa shape index (κ3) is 2.33. The quantitative estimate of drug-likeness (QED) is 0.822. The summed E-state index contributed by atoms with van der Waals surface area (Å²) in [5, 5.41) is 1.00. The lowest BCUT2D eigenvalue weighted by atomic mass is 9.94. The van der Waals surface area contributed by atoms with Crippen LogP contribution in [0.15, 0.2) is 28.7 Å². The smallest absolute Gasteiger partial charge is 0.257 e. The Morgan fingerprint density at radius 2 is 2.00 bits per heavy atom. The van der Waals surface area contributed by atoms with Gasteiger partial charge in [0.25, 0.3) is 5.91 Å². The second-order valence-corrected chi connectivity index (χ2v) is 5.79. The van der Waals surface area contributed by atoms with Crippen molar-refractivity contribution in [2.24, 2.45) is 0 Å². The van der Waals surface area contributed by atoms with Gasteiger partial charge in [-0.2, -0.15) is 0 Å². The molecule has 3 nitrogen and oxygen atoms in total. The van der Waals surface area contributed by atoms with Gasteiger partial charge < -0.3 is 9.32 Å². The van der Waals surface area contributed by atoms with Gasteiger partial charge in [-0.1, -0.05) is 31.4 Å². The molecule has 0 aliphatic heterocycles. The number of carbonyl (C=O) groups is 1. The lowest BCUT2D eigenvalue weighted by Crippen LogP contribution is -2.38. The summed E-state index contributed by atoms with van der Waals surface area (Å²) in [6, 6.07) is 8.14. The number of rotatable bonds is 2. The molecule has 1 aliphatic carbocycles. The van der Waals surface area contributed by atoms with Crippen LogP contribution in [-0.4, -0.2) is 23.9 Å². The molecule has 0 saturated heterocycles. The van der Waals surface area contributed by atoms with Crippen LogP contribution < -0.4 is 0 Å². The molecule has 106 valence electrons. The average molecular weight is 271 g/mol. The predicted molar refractivity (Wildman–Crippen MR) is 79.9 cm³/mol. The number of amides is 1. The molecule has 1 fully saturated rings. The van der Waals surface area contributed by atoms with Crippen molar-refractivity contribution < 1.29 is 9.21 Å². The van der Waals surface area contributed by atoms with E-state index in [1.807, 2.05) is 43.1 Å². The van der Waals surface area contributed by atoms with E-state index in [1.165, 1.54) is 19.3 Å². The zero-order chi connectivity index (χ0) is 14.1. The van der Waals surface area contributed by atoms with Crippen molar-refractivity contribution in [2.45, 2.75) is 45.1 Å². The Balaban J connectivity index is 1.91. The van der Waals surface area contributed by atoms with Crippen molar-refractivity contribution in [3.8, 4) is 0 Å². The minimum absolute atomic E-state index is 0.0804. The van der Waals surface area contributed by atoms with E-state index >= 15 is 0 Å². The van der Waals surface area contributed by atoms with Crippen LogP contribution in [0.1, 0.15) is 48.2 Å². The molecular formula is C17H21NO2. The van der Waals surface area contributed by atoms with Crippen molar-refractivity contribution in [3.05, 3.63) is 35.6 Å². The summed E-state index contributed by atoms with van der Waals surface area (Å²) in [6.45, 7) is 1.92. The highest BCUT2D eigenvalue weighted by atomic mass is 16.3. The van der Waals surface area contributed by atoms with E-state index in [0.717, 1.165) is 29.6 Å². The third-order valence-corrected chi connectivity index (χ3v) is 4.34. The number of furan rings is 1. The Morgan fingerprint density at radius 3 is 2.75 bits per heavy atom. The van der Waals surface area contributed by atoms with Gasteiger partial charge in [-0.15, -0.1) is 0 Å². The first kappa shape index (κ1) is 13.2. The highest BCUT2D eigenvalue weighted by molar-refractivity contribution is 6.05. The minimum Gasteiger partial charge on any atom is -0.461 e. The molecular weight excluding hydrogens is 250 g/mol. The molecule has 0 bridgehead atoms. The van der Waals surface area contributed by atoms with Gasteiger partial charge in [-0.3, -0.25) is 4.79 Å². The van der Waals surface area contributed by atoms with Crippen molar-refractivity contribution >= 4 is 16.9 Å². The van der Waals surface area contributed by atoms with E-state index in [2.05, 4.69) is 0 Å². The monoisotopic (exact) mass is 271 g/mol. The summed E-state index contributed by atoms with van der Waals surface area (Å²) in [5.74, 6) is 0.928. The van der Waals surface area contributed by atoms with Gasteiger partial charge in [0.1, 0.15) is 11.3 Å². The van der Waals surface area contributed by atoms with E-state index in [4.69, 9.17) is 4.42 Å². The second-order valence-electron chi connectivity index (χ2n) is 5.79. The van der Waals surface area contributed by atoms with Crippen LogP contribution in [0, 0.1) is 6.92 Å². The maximum atomic E-state index is 12.7. The first-order valence-electron chi connectivity index (χ1n) is 7.43. The number of nitrogens with zero attached hydrogens (tertiary/aromatic N) is 1. The molecule has 1 heterocycles. The topological polar surface area (TPSA) is 33.5 Å². The van der Waals surface area contributed by atoms with Crippen LogP contribution in [0.3, 0.4) is 0 Å². The Kier molecular flexibility index (Phi) is 3.51. The van der Waals surface area contributed by atoms with Crippen LogP contribution in [0.5, 0.6) is 0 Å². The van der Waals surface area contributed by atoms with Crippen LogP contribution >= 0.6 is 0 Å². The van der Waals surface area contributed by atoms with Crippen molar-refractivity contribution in [2.75, 3.05) is 7.05 Å². The normalized spacial score (nSPS) is 16.5. The molecule has 1 amide bonds. The summed E-state index contributed by atoms with van der Waals surface area (Å²) >= 11 is 0. The molecule has 0 spiro atoms. The number of carbonyl (C=O) groups excluding carboxylic acids is 1. The number of para-hydroxylation sites is 1. The molecule has 0 N–H and O–H groups in total. The molecule has 1 aromatic heterocycles. The number of fused-ring (bicyclic) bond motifs is 1. The molecule has 20 heavy (non-hydrogen) atoms. The maximum absolute atomic E-state index is 12.7. The summed E-state index contributed by atoms with van der Waals surface area (Å²) in [5.41, 5.74) is 1.40. The number of hydrogen-bond donors (Lipinski definition) is 0. The Morgan fingerprint density at radius 1 is 1.25 bits per heavy atom. The zero-order valence-electron chi connectivity index (χ0n) is 12.2. The lowest BCUT2D eigenvalue weighted by molar-refractivity contribution is 0.0697. The fourth-order valence-electron chi connectivity index (χ4n) is 3.18. The minimum atomic E-state index is 0.0804. The highest BCUT2D eigenvalue weighted by Gasteiger charge is 2.24. The fraction of sp³-hybridized carbons (Fsp3) is 0.471. The fourth-order valence-corrected chi connectivity index (χ4v) is 3.18. The zero-order valence-corrected chi connectivity index (χ0v) is 12.2. The van der Waals surface area contributed by atoms with E-state index < -0.39 is 0 Å². The number of aryl methyl sites for hydroxylation is 1.